The zero-order valence-corrected chi connectivity index (χ0v) is 17.3. The second-order valence-corrected chi connectivity index (χ2v) is 8.25. The van der Waals surface area contributed by atoms with E-state index in [1.165, 1.54) is 11.8 Å². The van der Waals surface area contributed by atoms with Crippen molar-refractivity contribution in [3.63, 3.8) is 0 Å². The molecule has 1 amide bonds. The zero-order chi connectivity index (χ0) is 19.5. The van der Waals surface area contributed by atoms with Gasteiger partial charge in [-0.25, -0.2) is 0 Å². The Bertz CT molecular complexity index is 978. The number of thioether (sulfide) groups is 1. The van der Waals surface area contributed by atoms with E-state index in [-0.39, 0.29) is 5.91 Å². The second-order valence-electron chi connectivity index (χ2n) is 6.24. The predicted octanol–water partition coefficient (Wildman–Crippen LogP) is 4.94. The van der Waals surface area contributed by atoms with Gasteiger partial charge in [0.2, 0.25) is 23.2 Å². The van der Waals surface area contributed by atoms with Crippen LogP contribution in [-0.2, 0) is 4.79 Å². The lowest BCUT2D eigenvalue weighted by Gasteiger charge is -2.30. The fourth-order valence-corrected chi connectivity index (χ4v) is 4.31. The number of hydrogen-bond donors (Lipinski definition) is 0. The average molecular weight is 413 g/mol. The molecule has 0 fully saturated rings. The van der Waals surface area contributed by atoms with Crippen molar-refractivity contribution in [1.82, 2.24) is 15.2 Å². The summed E-state index contributed by atoms with van der Waals surface area (Å²) in [5.41, 5.74) is 3.04. The third-order valence-corrected chi connectivity index (χ3v) is 5.77. The minimum absolute atomic E-state index is 0.00933. The molecule has 28 heavy (non-hydrogen) atoms. The van der Waals surface area contributed by atoms with Crippen LogP contribution in [0.4, 0.5) is 5.69 Å². The van der Waals surface area contributed by atoms with Crippen LogP contribution in [0.1, 0.15) is 38.5 Å². The Morgan fingerprint density at radius 3 is 2.86 bits per heavy atom. The lowest BCUT2D eigenvalue weighted by Crippen LogP contribution is -2.37. The Kier molecular flexibility index (Phi) is 5.59. The monoisotopic (exact) mass is 412 g/mol. The van der Waals surface area contributed by atoms with Crippen LogP contribution < -0.4 is 9.64 Å². The number of fused-ring (bicyclic) bond motifs is 3. The number of benzene rings is 1. The fourth-order valence-electron chi connectivity index (χ4n) is 3.14. The van der Waals surface area contributed by atoms with E-state index >= 15 is 0 Å². The summed E-state index contributed by atoms with van der Waals surface area (Å²) >= 11 is 3.08. The molecule has 1 atom stereocenters. The number of rotatable bonds is 5. The van der Waals surface area contributed by atoms with Crippen molar-refractivity contribution < 1.29 is 9.53 Å². The number of carbonyl (C=O) groups is 1. The smallest absolute Gasteiger partial charge is 0.247 e. The maximum absolute atomic E-state index is 13.1. The Hall–Kier alpha value is -2.45. The number of hydrogen-bond acceptors (Lipinski definition) is 7. The molecule has 0 aliphatic carbocycles. The lowest BCUT2D eigenvalue weighted by molar-refractivity contribution is -0.120. The summed E-state index contributed by atoms with van der Waals surface area (Å²) < 4.78 is 6.34. The molecule has 3 aromatic rings. The first-order chi connectivity index (χ1) is 13.7. The molecule has 2 aromatic heterocycles. The van der Waals surface area contributed by atoms with Gasteiger partial charge in [-0.1, -0.05) is 43.8 Å². The van der Waals surface area contributed by atoms with Crippen LogP contribution in [0, 0.1) is 0 Å². The number of aromatic nitrogens is 3. The fraction of sp³-hybridized carbons (Fsp3) is 0.300. The number of anilines is 1. The van der Waals surface area contributed by atoms with Crippen molar-refractivity contribution in [1.29, 1.82) is 0 Å². The molecule has 144 valence electrons. The molecule has 4 rings (SSSR count). The summed E-state index contributed by atoms with van der Waals surface area (Å²) in [6.07, 6.45) is 0.602. The first-order valence-corrected chi connectivity index (χ1v) is 11.1. The number of carbonyl (C=O) groups excluding carboxylic acids is 1. The third-order valence-electron chi connectivity index (χ3n) is 4.35. The van der Waals surface area contributed by atoms with E-state index in [0.717, 1.165) is 29.0 Å². The van der Waals surface area contributed by atoms with Gasteiger partial charge in [0.1, 0.15) is 0 Å². The van der Waals surface area contributed by atoms with Gasteiger partial charge >= 0.3 is 0 Å². The molecular weight excluding hydrogens is 392 g/mol. The molecule has 8 heteroatoms. The summed E-state index contributed by atoms with van der Waals surface area (Å²) in [6, 6.07) is 9.68. The van der Waals surface area contributed by atoms with Crippen LogP contribution in [0.3, 0.4) is 0 Å². The van der Waals surface area contributed by atoms with Gasteiger partial charge in [0.15, 0.2) is 5.69 Å². The van der Waals surface area contributed by atoms with Gasteiger partial charge in [-0.05, 0) is 35.1 Å². The average Bonchev–Trinajstić information content (AvgIpc) is 3.19. The summed E-state index contributed by atoms with van der Waals surface area (Å²) in [5, 5.41) is 13.2. The number of ether oxygens (including phenoxy) is 1. The number of amides is 1. The number of para-hydroxylation sites is 1. The third kappa shape index (κ3) is 3.49. The van der Waals surface area contributed by atoms with Gasteiger partial charge in [0.25, 0.3) is 0 Å². The van der Waals surface area contributed by atoms with Crippen molar-refractivity contribution in [2.24, 2.45) is 0 Å². The van der Waals surface area contributed by atoms with Gasteiger partial charge in [-0.2, -0.15) is 16.3 Å². The molecule has 0 N–H and O–H groups in total. The van der Waals surface area contributed by atoms with Crippen LogP contribution >= 0.6 is 23.1 Å². The molecule has 6 nitrogen and oxygen atoms in total. The normalized spacial score (nSPS) is 15.4. The second kappa shape index (κ2) is 8.28. The van der Waals surface area contributed by atoms with E-state index in [1.54, 1.807) is 16.2 Å². The molecule has 0 saturated carbocycles. The van der Waals surface area contributed by atoms with Crippen molar-refractivity contribution in [3.8, 4) is 17.1 Å². The van der Waals surface area contributed by atoms with Crippen LogP contribution in [0.5, 0.6) is 5.88 Å². The van der Waals surface area contributed by atoms with E-state index in [9.17, 15) is 4.79 Å². The first-order valence-electron chi connectivity index (χ1n) is 9.20. The number of thiophene rings is 1. The van der Waals surface area contributed by atoms with Gasteiger partial charge in [-0.15, -0.1) is 10.2 Å². The molecule has 1 aliphatic rings. The summed E-state index contributed by atoms with van der Waals surface area (Å²) in [7, 11) is 0. The van der Waals surface area contributed by atoms with E-state index in [4.69, 9.17) is 4.74 Å². The molecule has 1 aliphatic heterocycles. The molecule has 0 unspecified atom stereocenters. The first kappa shape index (κ1) is 18.9. The van der Waals surface area contributed by atoms with Crippen LogP contribution in [0.2, 0.25) is 0 Å². The van der Waals surface area contributed by atoms with Crippen LogP contribution in [0.15, 0.2) is 46.2 Å². The highest BCUT2D eigenvalue weighted by molar-refractivity contribution is 7.99. The standard InChI is InChI=1S/C20H20N4O2S2/c1-3-7-16(25)24-15-9-6-5-8-14(15)17-18(21-20(23-22-17)28-4-2)26-19(24)13-10-11-27-12-13/h5-6,8-12,19H,3-4,7H2,1-2H3/t19-/m0/s1. The summed E-state index contributed by atoms with van der Waals surface area (Å²) in [4.78, 5) is 19.5. The maximum Gasteiger partial charge on any atom is 0.247 e. The van der Waals surface area contributed by atoms with E-state index in [2.05, 4.69) is 15.2 Å². The molecule has 1 aromatic carbocycles. The van der Waals surface area contributed by atoms with Gasteiger partial charge < -0.3 is 4.74 Å². The molecule has 0 bridgehead atoms. The topological polar surface area (TPSA) is 68.2 Å². The number of nitrogens with zero attached hydrogens (tertiary/aromatic N) is 4. The van der Waals surface area contributed by atoms with E-state index < -0.39 is 6.23 Å². The highest BCUT2D eigenvalue weighted by Gasteiger charge is 2.35. The van der Waals surface area contributed by atoms with E-state index in [0.29, 0.717) is 23.2 Å². The Balaban J connectivity index is 1.92. The maximum atomic E-state index is 13.1. The Labute approximate surface area is 172 Å². The van der Waals surface area contributed by atoms with Gasteiger partial charge in [0, 0.05) is 17.5 Å². The largest absolute Gasteiger partial charge is 0.447 e. The van der Waals surface area contributed by atoms with Crippen molar-refractivity contribution in [2.75, 3.05) is 10.7 Å². The molecule has 0 spiro atoms. The Morgan fingerprint density at radius 2 is 2.11 bits per heavy atom. The van der Waals surface area contributed by atoms with Crippen molar-refractivity contribution >= 4 is 34.7 Å². The van der Waals surface area contributed by atoms with Gasteiger partial charge in [-0.3, -0.25) is 9.69 Å². The van der Waals surface area contributed by atoms with E-state index in [1.807, 2.05) is 54.9 Å². The highest BCUT2D eigenvalue weighted by atomic mass is 32.2. The quantitative estimate of drug-likeness (QED) is 0.553. The predicted molar refractivity (Wildman–Crippen MR) is 112 cm³/mol. The minimum Gasteiger partial charge on any atom is -0.447 e. The summed E-state index contributed by atoms with van der Waals surface area (Å²) in [5.74, 6) is 1.25. The van der Waals surface area contributed by atoms with Crippen molar-refractivity contribution in [3.05, 3.63) is 46.7 Å². The van der Waals surface area contributed by atoms with Crippen molar-refractivity contribution in [2.45, 2.75) is 38.1 Å². The molecule has 0 saturated heterocycles. The summed E-state index contributed by atoms with van der Waals surface area (Å²) in [6.45, 7) is 4.03. The van der Waals surface area contributed by atoms with Gasteiger partial charge in [0.05, 0.1) is 5.69 Å². The lowest BCUT2D eigenvalue weighted by atomic mass is 10.1. The minimum atomic E-state index is -0.594. The Morgan fingerprint density at radius 1 is 1.25 bits per heavy atom. The molecule has 3 heterocycles. The SMILES string of the molecule is CCCC(=O)N1c2ccccc2-c2nnc(SCC)nc2O[C@H]1c1ccsc1. The molecule has 0 radical (unpaired) electrons. The van der Waals surface area contributed by atoms with Crippen LogP contribution in [-0.4, -0.2) is 26.8 Å². The zero-order valence-electron chi connectivity index (χ0n) is 15.7. The molecular formula is C20H20N4O2S2. The van der Waals surface area contributed by atoms with Crippen LogP contribution in [0.25, 0.3) is 11.3 Å². The highest BCUT2D eigenvalue weighted by Crippen LogP contribution is 2.43.